The highest BCUT2D eigenvalue weighted by Crippen LogP contribution is 2.38. The van der Waals surface area contributed by atoms with Crippen molar-refractivity contribution in [2.45, 2.75) is 57.9 Å². The lowest BCUT2D eigenvalue weighted by Gasteiger charge is -2.25. The molecule has 0 aromatic carbocycles. The van der Waals surface area contributed by atoms with Gasteiger partial charge in [0.2, 0.25) is 0 Å². The van der Waals surface area contributed by atoms with Gasteiger partial charge < -0.3 is 5.32 Å². The second-order valence-electron chi connectivity index (χ2n) is 5.58. The zero-order valence-electron chi connectivity index (χ0n) is 11.1. The second-order valence-corrected chi connectivity index (χ2v) is 6.56. The van der Waals surface area contributed by atoms with Crippen LogP contribution in [-0.4, -0.2) is 12.6 Å². The Morgan fingerprint density at radius 2 is 2.12 bits per heavy atom. The van der Waals surface area contributed by atoms with E-state index in [1.807, 2.05) is 11.3 Å². The fraction of sp³-hybridized carbons (Fsp3) is 0.733. The van der Waals surface area contributed by atoms with Crippen molar-refractivity contribution in [2.75, 3.05) is 6.54 Å². The maximum atomic E-state index is 3.64. The fourth-order valence-electron chi connectivity index (χ4n) is 2.89. The highest BCUT2D eigenvalue weighted by molar-refractivity contribution is 7.10. The van der Waals surface area contributed by atoms with Crippen LogP contribution in [0.15, 0.2) is 17.5 Å². The molecule has 0 aliphatic heterocycles. The van der Waals surface area contributed by atoms with Gasteiger partial charge in [-0.05, 0) is 42.7 Å². The van der Waals surface area contributed by atoms with Gasteiger partial charge in [0.1, 0.15) is 0 Å². The summed E-state index contributed by atoms with van der Waals surface area (Å²) in [5, 5.41) is 5.87. The van der Waals surface area contributed by atoms with Crippen molar-refractivity contribution in [3.8, 4) is 0 Å². The topological polar surface area (TPSA) is 12.0 Å². The molecule has 0 amide bonds. The van der Waals surface area contributed by atoms with E-state index in [0.29, 0.717) is 6.04 Å². The maximum absolute atomic E-state index is 3.64. The summed E-state index contributed by atoms with van der Waals surface area (Å²) in [6, 6.07) is 5.16. The molecule has 2 atom stereocenters. The maximum Gasteiger partial charge on any atom is 0.00794 e. The van der Waals surface area contributed by atoms with Crippen molar-refractivity contribution in [2.24, 2.45) is 5.92 Å². The van der Waals surface area contributed by atoms with Crippen LogP contribution in [0, 0.1) is 5.92 Å². The lowest BCUT2D eigenvalue weighted by atomic mass is 9.86. The zero-order chi connectivity index (χ0) is 12.1. The highest BCUT2D eigenvalue weighted by atomic mass is 32.1. The fourth-order valence-corrected chi connectivity index (χ4v) is 3.85. The molecule has 1 aliphatic carbocycles. The van der Waals surface area contributed by atoms with Gasteiger partial charge in [-0.15, -0.1) is 11.3 Å². The quantitative estimate of drug-likeness (QED) is 0.782. The Bertz CT molecular complexity index is 305. The van der Waals surface area contributed by atoms with E-state index in [-0.39, 0.29) is 0 Å². The Kier molecular flexibility index (Phi) is 5.05. The molecule has 1 N–H and O–H groups in total. The van der Waals surface area contributed by atoms with E-state index < -0.39 is 0 Å². The van der Waals surface area contributed by atoms with Gasteiger partial charge in [0.15, 0.2) is 0 Å². The van der Waals surface area contributed by atoms with Gasteiger partial charge in [-0.25, -0.2) is 0 Å². The smallest absolute Gasteiger partial charge is 0.00794 e. The van der Waals surface area contributed by atoms with Crippen molar-refractivity contribution >= 4 is 11.3 Å². The van der Waals surface area contributed by atoms with E-state index in [2.05, 4.69) is 36.7 Å². The van der Waals surface area contributed by atoms with E-state index in [0.717, 1.165) is 11.8 Å². The van der Waals surface area contributed by atoms with Crippen LogP contribution in [0.25, 0.3) is 0 Å². The summed E-state index contributed by atoms with van der Waals surface area (Å²) in [4.78, 5) is 1.61. The van der Waals surface area contributed by atoms with Crippen LogP contribution in [0.2, 0.25) is 0 Å². The van der Waals surface area contributed by atoms with Gasteiger partial charge in [0, 0.05) is 10.9 Å². The summed E-state index contributed by atoms with van der Waals surface area (Å²) in [5.41, 5.74) is 0. The monoisotopic (exact) mass is 251 g/mol. The van der Waals surface area contributed by atoms with Crippen LogP contribution in [0.3, 0.4) is 0 Å². The Labute approximate surface area is 110 Å². The first-order valence-corrected chi connectivity index (χ1v) is 7.92. The second kappa shape index (κ2) is 6.55. The van der Waals surface area contributed by atoms with Gasteiger partial charge in [0.05, 0.1) is 0 Å². The Balaban J connectivity index is 2.02. The van der Waals surface area contributed by atoms with E-state index >= 15 is 0 Å². The molecule has 1 aromatic heterocycles. The highest BCUT2D eigenvalue weighted by Gasteiger charge is 2.25. The summed E-state index contributed by atoms with van der Waals surface area (Å²) < 4.78 is 0. The molecule has 0 bridgehead atoms. The van der Waals surface area contributed by atoms with Crippen LogP contribution in [0.4, 0.5) is 0 Å². The lowest BCUT2D eigenvalue weighted by Crippen LogP contribution is -2.31. The largest absolute Gasteiger partial charge is 0.314 e. The van der Waals surface area contributed by atoms with Gasteiger partial charge in [-0.3, -0.25) is 0 Å². The molecule has 2 heteroatoms. The predicted octanol–water partition coefficient (Wildman–Crippen LogP) is 4.41. The molecule has 0 spiro atoms. The lowest BCUT2D eigenvalue weighted by molar-refractivity contribution is 0.366. The van der Waals surface area contributed by atoms with Gasteiger partial charge in [-0.2, -0.15) is 0 Å². The number of hydrogen-bond donors (Lipinski definition) is 1. The molecular weight excluding hydrogens is 226 g/mol. The number of hydrogen-bond acceptors (Lipinski definition) is 2. The summed E-state index contributed by atoms with van der Waals surface area (Å²) in [7, 11) is 0. The van der Waals surface area contributed by atoms with E-state index in [1.54, 1.807) is 4.88 Å². The molecule has 1 nitrogen and oxygen atoms in total. The molecule has 0 radical (unpaired) electrons. The van der Waals surface area contributed by atoms with Crippen molar-refractivity contribution in [3.63, 3.8) is 0 Å². The van der Waals surface area contributed by atoms with Crippen LogP contribution in [0.1, 0.15) is 56.7 Å². The predicted molar refractivity (Wildman–Crippen MR) is 76.8 cm³/mol. The minimum absolute atomic E-state index is 0.613. The van der Waals surface area contributed by atoms with Gasteiger partial charge >= 0.3 is 0 Å². The summed E-state index contributed by atoms with van der Waals surface area (Å²) in [6.45, 7) is 5.69. The van der Waals surface area contributed by atoms with Crippen LogP contribution in [-0.2, 0) is 0 Å². The number of rotatable bonds is 4. The van der Waals surface area contributed by atoms with Gasteiger partial charge in [0.25, 0.3) is 0 Å². The Morgan fingerprint density at radius 1 is 1.29 bits per heavy atom. The standard InChI is InChI=1S/C15H25NS/c1-12(2)16-11-13-7-4-3-5-8-14(13)15-9-6-10-17-15/h6,9-10,12-14,16H,3-5,7-8,11H2,1-2H3. The summed E-state index contributed by atoms with van der Waals surface area (Å²) >= 11 is 1.95. The average molecular weight is 251 g/mol. The molecule has 1 fully saturated rings. The first kappa shape index (κ1) is 13.1. The summed E-state index contributed by atoms with van der Waals surface area (Å²) in [6.07, 6.45) is 7.07. The molecule has 1 aliphatic rings. The molecule has 17 heavy (non-hydrogen) atoms. The molecule has 1 aromatic rings. The third-order valence-corrected chi connectivity index (χ3v) is 4.86. The molecule has 0 saturated heterocycles. The first-order valence-electron chi connectivity index (χ1n) is 7.04. The van der Waals surface area contributed by atoms with Crippen molar-refractivity contribution in [1.29, 1.82) is 0 Å². The van der Waals surface area contributed by atoms with E-state index in [9.17, 15) is 0 Å². The van der Waals surface area contributed by atoms with E-state index in [4.69, 9.17) is 0 Å². The third kappa shape index (κ3) is 3.82. The molecule has 96 valence electrons. The minimum Gasteiger partial charge on any atom is -0.314 e. The SMILES string of the molecule is CC(C)NCC1CCCCCC1c1cccs1. The van der Waals surface area contributed by atoms with Crippen LogP contribution in [0.5, 0.6) is 0 Å². The van der Waals surface area contributed by atoms with Gasteiger partial charge in [-0.1, -0.05) is 39.2 Å². The van der Waals surface area contributed by atoms with Crippen LogP contribution >= 0.6 is 11.3 Å². The number of thiophene rings is 1. The van der Waals surface area contributed by atoms with Crippen molar-refractivity contribution in [3.05, 3.63) is 22.4 Å². The minimum atomic E-state index is 0.613. The van der Waals surface area contributed by atoms with Crippen LogP contribution < -0.4 is 5.32 Å². The van der Waals surface area contributed by atoms with Crippen molar-refractivity contribution < 1.29 is 0 Å². The Morgan fingerprint density at radius 3 is 2.82 bits per heavy atom. The molecule has 2 rings (SSSR count). The molecule has 1 heterocycles. The van der Waals surface area contributed by atoms with Crippen molar-refractivity contribution in [1.82, 2.24) is 5.32 Å². The third-order valence-electron chi connectivity index (χ3n) is 3.86. The molecular formula is C15H25NS. The number of nitrogens with one attached hydrogen (secondary N) is 1. The Hall–Kier alpha value is -0.340. The first-order chi connectivity index (χ1) is 8.27. The molecule has 2 unspecified atom stereocenters. The molecule has 1 saturated carbocycles. The average Bonchev–Trinajstić information content (AvgIpc) is 2.72. The zero-order valence-corrected chi connectivity index (χ0v) is 11.9. The normalized spacial score (nSPS) is 26.1. The summed E-state index contributed by atoms with van der Waals surface area (Å²) in [5.74, 6) is 1.65. The van der Waals surface area contributed by atoms with E-state index in [1.165, 1.54) is 38.6 Å².